The summed E-state index contributed by atoms with van der Waals surface area (Å²) in [6.07, 6.45) is 3.60. The minimum absolute atomic E-state index is 0. The molecule has 0 aliphatic carbocycles. The Morgan fingerprint density at radius 3 is 1.29 bits per heavy atom. The number of hydrogen-bond donors (Lipinski definition) is 4. The van der Waals surface area contributed by atoms with Gasteiger partial charge in [-0.15, -0.1) is 0 Å². The minimum atomic E-state index is 0. The van der Waals surface area contributed by atoms with E-state index >= 15 is 0 Å². The van der Waals surface area contributed by atoms with Crippen molar-refractivity contribution in [3.8, 4) is 0 Å². The Labute approximate surface area is 190 Å². The van der Waals surface area contributed by atoms with Crippen LogP contribution in [0.4, 0.5) is 0 Å². The Kier molecular flexibility index (Phi) is 33.2. The number of benzene rings is 1. The fourth-order valence-electron chi connectivity index (χ4n) is 1.68. The molecule has 3 rings (SSSR count). The van der Waals surface area contributed by atoms with Gasteiger partial charge in [-0.3, -0.25) is 31.0 Å². The molecule has 24 heavy (non-hydrogen) atoms. The molecular weight excluding hydrogens is 390 g/mol. The van der Waals surface area contributed by atoms with E-state index in [0.29, 0.717) is 0 Å². The second-order valence-electron chi connectivity index (χ2n) is 3.22. The Morgan fingerprint density at radius 2 is 1.00 bits per heavy atom. The van der Waals surface area contributed by atoms with Crippen LogP contribution in [0.1, 0.15) is 1.43 Å². The Balaban J connectivity index is -0.0000000753. The van der Waals surface area contributed by atoms with E-state index in [4.69, 9.17) is 24.7 Å². The zero-order valence-corrected chi connectivity index (χ0v) is 17.2. The van der Waals surface area contributed by atoms with Crippen LogP contribution < -0.4 is 51.4 Å². The molecule has 0 spiro atoms. The summed E-state index contributed by atoms with van der Waals surface area (Å²) in [6, 6.07) is 12.1. The van der Waals surface area contributed by atoms with Gasteiger partial charge in [-0.25, -0.2) is 0 Å². The van der Waals surface area contributed by atoms with Gasteiger partial charge in [0.05, 0.1) is 11.0 Å². The molecule has 0 bridgehead atoms. The van der Waals surface area contributed by atoms with Crippen LogP contribution in [0.3, 0.4) is 0 Å². The fourth-order valence-corrected chi connectivity index (χ4v) is 1.68. The maximum Gasteiger partial charge on any atom is 0.0964 e. The summed E-state index contributed by atoms with van der Waals surface area (Å²) < 4.78 is 8.19. The third kappa shape index (κ3) is 9.93. The third-order valence-corrected chi connectivity index (χ3v) is 2.34. The van der Waals surface area contributed by atoms with Crippen molar-refractivity contribution in [3.63, 3.8) is 0 Å². The van der Waals surface area contributed by atoms with Crippen molar-refractivity contribution < 1.29 is 111 Å². The van der Waals surface area contributed by atoms with E-state index in [0.717, 1.165) is 39.2 Å². The largest absolute Gasteiger partial charge is 0.254 e. The van der Waals surface area contributed by atoms with E-state index in [-0.39, 0.29) is 69.2 Å². The van der Waals surface area contributed by atoms with E-state index in [1.165, 1.54) is 0 Å². The number of nitrogens with zero attached hydrogens (tertiary/aromatic N) is 2. The number of hydrogen-bond acceptors (Lipinski definition) is 7. The maximum atomic E-state index is 8.19. The average molecular weight is 409 g/mol. The monoisotopic (exact) mass is 409 g/mol. The normalized spacial score (nSPS) is 6.96. The standard InChI is InChI=1S/C12H8N2.K.2H2O2.3H2O.O.V.H/c1-3-9-5-6-10-4-2-8-14-12(10)11(9)13-7-1;;2*1-2;;;;;;/h1-8H;;2*1-2H;3*1H2;;;/q;+1;;;;;;;;-1. The van der Waals surface area contributed by atoms with Gasteiger partial charge in [0.2, 0.25) is 0 Å². The van der Waals surface area contributed by atoms with Crippen molar-refractivity contribution in [2.45, 2.75) is 0 Å². The second kappa shape index (κ2) is 22.8. The van der Waals surface area contributed by atoms with Crippen LogP contribution in [0.5, 0.6) is 0 Å². The molecule has 10 nitrogen and oxygen atoms in total. The Bertz CT molecular complexity index is 601. The first-order valence-corrected chi connectivity index (χ1v) is 5.69. The van der Waals surface area contributed by atoms with Gasteiger partial charge in [0.1, 0.15) is 0 Å². The van der Waals surface area contributed by atoms with E-state index in [2.05, 4.69) is 34.2 Å². The molecule has 0 amide bonds. The summed E-state index contributed by atoms with van der Waals surface area (Å²) in [6.45, 7) is 0. The number of rotatable bonds is 0. The number of aromatic nitrogens is 2. The van der Waals surface area contributed by atoms with Gasteiger partial charge < -0.3 is 17.9 Å². The van der Waals surface area contributed by atoms with Crippen molar-refractivity contribution in [1.29, 1.82) is 0 Å². The van der Waals surface area contributed by atoms with Gasteiger partial charge in [0, 0.05) is 23.2 Å². The molecule has 2 aromatic heterocycles. The smallest absolute Gasteiger partial charge is 0.0964 e. The quantitative estimate of drug-likeness (QED) is 0.133. The van der Waals surface area contributed by atoms with Crippen molar-refractivity contribution in [2.24, 2.45) is 0 Å². The van der Waals surface area contributed by atoms with Gasteiger partial charge in [-0.1, -0.05) is 24.3 Å². The molecular formula is C12H19KN2O8V. The molecule has 10 N–H and O–H groups in total. The van der Waals surface area contributed by atoms with Gasteiger partial charge in [0.25, 0.3) is 0 Å². The summed E-state index contributed by atoms with van der Waals surface area (Å²) in [5, 5.41) is 26.3. The van der Waals surface area contributed by atoms with Crippen LogP contribution >= 0.6 is 0 Å². The summed E-state index contributed by atoms with van der Waals surface area (Å²) in [4.78, 5) is 8.69. The first kappa shape index (κ1) is 35.0. The molecule has 0 radical (unpaired) electrons. The SMILES string of the molecule is O.O.O.OO.OO.[H-].[K+].[O]=[V].c1cnc2c(c1)ccc1cccnc12. The molecule has 0 unspecified atom stereocenters. The molecule has 0 fully saturated rings. The summed E-state index contributed by atoms with van der Waals surface area (Å²) in [7, 11) is 0. The van der Waals surface area contributed by atoms with Crippen LogP contribution in [0.25, 0.3) is 21.8 Å². The summed E-state index contributed by atoms with van der Waals surface area (Å²) in [5.41, 5.74) is 1.95. The predicted molar refractivity (Wildman–Crippen MR) is 80.2 cm³/mol. The van der Waals surface area contributed by atoms with Crippen LogP contribution in [-0.2, 0) is 21.0 Å². The van der Waals surface area contributed by atoms with Crippen molar-refractivity contribution in [2.75, 3.05) is 0 Å². The first-order chi connectivity index (χ1) is 9.95. The Hall–Kier alpha value is -0.219. The Morgan fingerprint density at radius 1 is 0.708 bits per heavy atom. The topological polar surface area (TPSA) is 218 Å². The summed E-state index contributed by atoms with van der Waals surface area (Å²) in [5.74, 6) is 0. The first-order valence-electron chi connectivity index (χ1n) is 5.12. The molecule has 3 aromatic rings. The van der Waals surface area contributed by atoms with Gasteiger partial charge >= 0.3 is 72.4 Å². The van der Waals surface area contributed by atoms with Crippen molar-refractivity contribution in [3.05, 3.63) is 48.8 Å². The van der Waals surface area contributed by atoms with Crippen LogP contribution in [0.15, 0.2) is 48.8 Å². The minimum Gasteiger partial charge on any atom is -0.254 e. The zero-order chi connectivity index (χ0) is 15.4. The van der Waals surface area contributed by atoms with E-state index < -0.39 is 0 Å². The molecule has 1 aromatic carbocycles. The molecule has 12 heteroatoms. The van der Waals surface area contributed by atoms with Crippen LogP contribution in [0.2, 0.25) is 0 Å². The number of pyridine rings is 2. The van der Waals surface area contributed by atoms with Gasteiger partial charge in [0.15, 0.2) is 0 Å². The molecule has 0 aliphatic rings. The van der Waals surface area contributed by atoms with Crippen LogP contribution in [0, 0.1) is 0 Å². The van der Waals surface area contributed by atoms with Gasteiger partial charge in [-0.2, -0.15) is 0 Å². The summed E-state index contributed by atoms with van der Waals surface area (Å²) >= 11 is 1.06. The maximum absolute atomic E-state index is 8.19. The third-order valence-electron chi connectivity index (χ3n) is 2.34. The van der Waals surface area contributed by atoms with Crippen LogP contribution in [-0.4, -0.2) is 47.4 Å². The van der Waals surface area contributed by atoms with Gasteiger partial charge in [-0.05, 0) is 12.1 Å². The second-order valence-corrected chi connectivity index (χ2v) is 3.22. The molecule has 0 aliphatic heterocycles. The zero-order valence-electron chi connectivity index (χ0n) is 13.7. The van der Waals surface area contributed by atoms with E-state index in [1.807, 2.05) is 12.1 Å². The van der Waals surface area contributed by atoms with E-state index in [1.54, 1.807) is 12.4 Å². The fraction of sp³-hybridized carbons (Fsp3) is 0. The molecule has 2 heterocycles. The van der Waals surface area contributed by atoms with E-state index in [9.17, 15) is 0 Å². The number of fused-ring (bicyclic) bond motifs is 3. The average Bonchev–Trinajstić information content (AvgIpc) is 2.60. The predicted octanol–water partition coefficient (Wildman–Crippen LogP) is -2.66. The molecule has 131 valence electrons. The molecule has 0 saturated carbocycles. The molecule has 0 atom stereocenters. The molecule has 0 saturated heterocycles. The van der Waals surface area contributed by atoms with Crippen molar-refractivity contribution >= 4 is 21.8 Å². The van der Waals surface area contributed by atoms with Crippen molar-refractivity contribution in [1.82, 2.24) is 9.97 Å².